The molecule has 2 aromatic heterocycles. The molecule has 0 aliphatic carbocycles. The Labute approximate surface area is 144 Å². The molecule has 2 heterocycles. The Morgan fingerprint density at radius 3 is 2.70 bits per heavy atom. The third-order valence-corrected chi connectivity index (χ3v) is 4.89. The molecule has 7 heteroatoms. The molecule has 5 nitrogen and oxygen atoms in total. The van der Waals surface area contributed by atoms with E-state index in [2.05, 4.69) is 14.8 Å². The van der Waals surface area contributed by atoms with Crippen LogP contribution in [0.1, 0.15) is 43.4 Å². The van der Waals surface area contributed by atoms with Crippen molar-refractivity contribution in [3.63, 3.8) is 0 Å². The van der Waals surface area contributed by atoms with Crippen LogP contribution in [0.25, 0.3) is 15.4 Å². The van der Waals surface area contributed by atoms with Crippen molar-refractivity contribution >= 4 is 28.6 Å². The molecule has 2 aromatic rings. The Balaban J connectivity index is 2.18. The lowest BCUT2D eigenvalue weighted by Gasteiger charge is -2.18. The summed E-state index contributed by atoms with van der Waals surface area (Å²) in [6, 6.07) is 0. The molecule has 0 spiro atoms. The second-order valence-electron chi connectivity index (χ2n) is 5.94. The van der Waals surface area contributed by atoms with E-state index in [0.29, 0.717) is 0 Å². The Kier molecular flexibility index (Phi) is 5.50. The van der Waals surface area contributed by atoms with Crippen LogP contribution >= 0.6 is 22.7 Å². The average Bonchev–Trinajstić information content (AvgIpc) is 3.03. The topological polar surface area (TPSA) is 56.4 Å². The Morgan fingerprint density at radius 1 is 1.35 bits per heavy atom. The lowest BCUT2D eigenvalue weighted by molar-refractivity contribution is -0.153. The minimum Gasteiger partial charge on any atom is -0.460 e. The number of nitrogens with zero attached hydrogens (tertiary/aromatic N) is 3. The summed E-state index contributed by atoms with van der Waals surface area (Å²) < 4.78 is 5.32. The molecular formula is C16H19N3O2S2. The number of ether oxygens (including phenoxy) is 1. The van der Waals surface area contributed by atoms with Gasteiger partial charge in [0.15, 0.2) is 0 Å². The van der Waals surface area contributed by atoms with Gasteiger partial charge in [-0.3, -0.25) is 4.79 Å². The van der Waals surface area contributed by atoms with Gasteiger partial charge < -0.3 is 9.58 Å². The van der Waals surface area contributed by atoms with Gasteiger partial charge >= 0.3 is 5.97 Å². The van der Waals surface area contributed by atoms with Gasteiger partial charge in [-0.15, -0.1) is 22.7 Å². The van der Waals surface area contributed by atoms with Crippen LogP contribution in [0, 0.1) is 6.57 Å². The van der Waals surface area contributed by atoms with Crippen LogP contribution in [0.15, 0.2) is 5.38 Å². The molecule has 0 atom stereocenters. The number of carbonyl (C=O) groups is 1. The molecule has 0 amide bonds. The molecule has 0 radical (unpaired) electrons. The third kappa shape index (κ3) is 4.85. The van der Waals surface area contributed by atoms with E-state index in [4.69, 9.17) is 11.3 Å². The van der Waals surface area contributed by atoms with Crippen LogP contribution in [-0.4, -0.2) is 21.5 Å². The first-order valence-corrected chi connectivity index (χ1v) is 9.00. The van der Waals surface area contributed by atoms with Crippen molar-refractivity contribution in [3.05, 3.63) is 32.5 Å². The summed E-state index contributed by atoms with van der Waals surface area (Å²) in [7, 11) is 0. The largest absolute Gasteiger partial charge is 0.460 e. The number of hydrogen-bond acceptors (Lipinski definition) is 6. The van der Waals surface area contributed by atoms with Crippen molar-refractivity contribution in [1.29, 1.82) is 0 Å². The molecule has 0 bridgehead atoms. The number of aryl methyl sites for hydroxylation is 1. The first-order chi connectivity index (χ1) is 10.8. The first-order valence-electron chi connectivity index (χ1n) is 7.30. The Morgan fingerprint density at radius 2 is 2.09 bits per heavy atom. The molecule has 122 valence electrons. The van der Waals surface area contributed by atoms with E-state index in [1.807, 2.05) is 33.1 Å². The maximum absolute atomic E-state index is 11.9. The SMILES string of the molecule is [C-]#[N+]Cc1nc(CC)sc1-c1csc(CC(=O)OC(C)(C)C)n1. The highest BCUT2D eigenvalue weighted by atomic mass is 32.1. The molecule has 0 aromatic carbocycles. The van der Waals surface area contributed by atoms with E-state index < -0.39 is 5.60 Å². The number of esters is 1. The fourth-order valence-corrected chi connectivity index (χ4v) is 3.75. The average molecular weight is 349 g/mol. The van der Waals surface area contributed by atoms with Crippen LogP contribution in [0.2, 0.25) is 0 Å². The second-order valence-corrected chi connectivity index (χ2v) is 7.97. The van der Waals surface area contributed by atoms with E-state index in [1.54, 1.807) is 11.3 Å². The fraction of sp³-hybridized carbons (Fsp3) is 0.500. The molecule has 0 aliphatic heterocycles. The maximum Gasteiger partial charge on any atom is 0.313 e. The van der Waals surface area contributed by atoms with Crippen molar-refractivity contribution in [2.24, 2.45) is 0 Å². The predicted molar refractivity (Wildman–Crippen MR) is 92.5 cm³/mol. The number of aromatic nitrogens is 2. The number of hydrogen-bond donors (Lipinski definition) is 0. The van der Waals surface area contributed by atoms with Crippen molar-refractivity contribution in [2.75, 3.05) is 0 Å². The summed E-state index contributed by atoms with van der Waals surface area (Å²) in [5, 5.41) is 3.63. The van der Waals surface area contributed by atoms with Crippen molar-refractivity contribution in [1.82, 2.24) is 9.97 Å². The highest BCUT2D eigenvalue weighted by molar-refractivity contribution is 7.16. The molecule has 2 rings (SSSR count). The van der Waals surface area contributed by atoms with Gasteiger partial charge in [-0.1, -0.05) is 6.92 Å². The third-order valence-electron chi connectivity index (χ3n) is 2.77. The Bertz CT molecular complexity index is 735. The molecule has 0 fully saturated rings. The van der Waals surface area contributed by atoms with Crippen molar-refractivity contribution < 1.29 is 9.53 Å². The number of rotatable bonds is 5. The summed E-state index contributed by atoms with van der Waals surface area (Å²) >= 11 is 3.00. The van der Waals surface area contributed by atoms with Gasteiger partial charge in [-0.25, -0.2) is 16.5 Å². The summed E-state index contributed by atoms with van der Waals surface area (Å²) in [6.07, 6.45) is 1.00. The van der Waals surface area contributed by atoms with Gasteiger partial charge in [0.25, 0.3) is 6.54 Å². The van der Waals surface area contributed by atoms with Crippen LogP contribution in [-0.2, 0) is 28.9 Å². The highest BCUT2D eigenvalue weighted by Gasteiger charge is 2.20. The highest BCUT2D eigenvalue weighted by Crippen LogP contribution is 2.32. The van der Waals surface area contributed by atoms with Crippen LogP contribution in [0.5, 0.6) is 0 Å². The molecule has 0 aliphatic rings. The van der Waals surface area contributed by atoms with Gasteiger partial charge in [0, 0.05) is 5.38 Å². The monoisotopic (exact) mass is 349 g/mol. The fourth-order valence-electron chi connectivity index (χ4n) is 1.93. The number of carbonyl (C=O) groups excluding carboxylic acids is 1. The van der Waals surface area contributed by atoms with E-state index >= 15 is 0 Å². The molecule has 0 saturated heterocycles. The summed E-state index contributed by atoms with van der Waals surface area (Å²) in [5.41, 5.74) is 1.08. The van der Waals surface area contributed by atoms with E-state index in [1.165, 1.54) is 11.3 Å². The van der Waals surface area contributed by atoms with E-state index in [9.17, 15) is 4.79 Å². The maximum atomic E-state index is 11.9. The minimum atomic E-state index is -0.492. The lowest BCUT2D eigenvalue weighted by atomic mass is 10.2. The summed E-state index contributed by atoms with van der Waals surface area (Å²) in [5.74, 6) is -0.279. The number of thiazole rings is 2. The van der Waals surface area contributed by atoms with Crippen molar-refractivity contribution in [3.8, 4) is 10.6 Å². The zero-order valence-electron chi connectivity index (χ0n) is 13.7. The summed E-state index contributed by atoms with van der Waals surface area (Å²) in [4.78, 5) is 25.3. The second kappa shape index (κ2) is 7.20. The van der Waals surface area contributed by atoms with E-state index in [-0.39, 0.29) is 18.9 Å². The lowest BCUT2D eigenvalue weighted by Crippen LogP contribution is -2.24. The zero-order chi connectivity index (χ0) is 17.0. The zero-order valence-corrected chi connectivity index (χ0v) is 15.3. The first kappa shape index (κ1) is 17.6. The normalized spacial score (nSPS) is 11.3. The van der Waals surface area contributed by atoms with Crippen LogP contribution < -0.4 is 0 Å². The van der Waals surface area contributed by atoms with E-state index in [0.717, 1.165) is 32.7 Å². The molecular weight excluding hydrogens is 330 g/mol. The smallest absolute Gasteiger partial charge is 0.313 e. The van der Waals surface area contributed by atoms with Crippen molar-refractivity contribution in [2.45, 2.75) is 52.7 Å². The molecule has 23 heavy (non-hydrogen) atoms. The molecule has 0 saturated carbocycles. The minimum absolute atomic E-state index is 0.166. The summed E-state index contributed by atoms with van der Waals surface area (Å²) in [6.45, 7) is 14.9. The molecule has 0 unspecified atom stereocenters. The molecule has 0 N–H and O–H groups in total. The van der Waals surface area contributed by atoms with Crippen LogP contribution in [0.4, 0.5) is 0 Å². The van der Waals surface area contributed by atoms with Gasteiger partial charge in [0.2, 0.25) is 0 Å². The van der Waals surface area contributed by atoms with Gasteiger partial charge in [0.05, 0.1) is 22.0 Å². The van der Waals surface area contributed by atoms with Crippen LogP contribution in [0.3, 0.4) is 0 Å². The standard InChI is InChI=1S/C16H19N3O2S2/c1-6-12-18-10(8-17-5)15(23-12)11-9-22-13(19-11)7-14(20)21-16(2,3)4/h9H,6-8H2,1-4H3. The Hall–Kier alpha value is -1.78. The van der Waals surface area contributed by atoms with Gasteiger partial charge in [-0.05, 0) is 27.2 Å². The van der Waals surface area contributed by atoms with Gasteiger partial charge in [0.1, 0.15) is 16.3 Å². The quantitative estimate of drug-likeness (QED) is 0.601. The predicted octanol–water partition coefficient (Wildman–Crippen LogP) is 4.13. The van der Waals surface area contributed by atoms with Gasteiger partial charge in [-0.2, -0.15) is 0 Å².